The van der Waals surface area contributed by atoms with E-state index in [1.54, 1.807) is 0 Å². The zero-order chi connectivity index (χ0) is 14.2. The molecule has 0 spiro atoms. The summed E-state index contributed by atoms with van der Waals surface area (Å²) < 4.78 is 0. The first kappa shape index (κ1) is 14.3. The summed E-state index contributed by atoms with van der Waals surface area (Å²) in [4.78, 5) is 13.5. The molecule has 3 rings (SSSR count). The molecule has 0 aromatic heterocycles. The van der Waals surface area contributed by atoms with Gasteiger partial charge in [-0.2, -0.15) is 0 Å². The van der Waals surface area contributed by atoms with Crippen molar-refractivity contribution < 1.29 is 15.0 Å². The molecule has 2 heterocycles. The fourth-order valence-corrected chi connectivity index (χ4v) is 4.22. The van der Waals surface area contributed by atoms with E-state index in [0.29, 0.717) is 44.3 Å². The molecular formula is C15H26N2O3. The van der Waals surface area contributed by atoms with E-state index in [9.17, 15) is 9.90 Å². The van der Waals surface area contributed by atoms with E-state index >= 15 is 0 Å². The average Bonchev–Trinajstić information content (AvgIpc) is 3.00. The molecule has 1 saturated carbocycles. The molecule has 0 amide bonds. The van der Waals surface area contributed by atoms with Gasteiger partial charge in [0.05, 0.1) is 11.5 Å². The molecular weight excluding hydrogens is 256 g/mol. The van der Waals surface area contributed by atoms with E-state index in [0.717, 1.165) is 0 Å². The molecule has 2 saturated heterocycles. The van der Waals surface area contributed by atoms with Gasteiger partial charge in [-0.25, -0.2) is 0 Å². The number of hydrogen-bond acceptors (Lipinski definition) is 4. The Balaban J connectivity index is 1.47. The topological polar surface area (TPSA) is 72.8 Å². The summed E-state index contributed by atoms with van der Waals surface area (Å²) in [6, 6.07) is 1.17. The maximum Gasteiger partial charge on any atom is 0.306 e. The van der Waals surface area contributed by atoms with Crippen molar-refractivity contribution in [3.63, 3.8) is 0 Å². The molecule has 0 radical (unpaired) electrons. The van der Waals surface area contributed by atoms with Gasteiger partial charge < -0.3 is 15.5 Å². The molecule has 0 aromatic rings. The van der Waals surface area contributed by atoms with Gasteiger partial charge in [-0.1, -0.05) is 0 Å². The summed E-state index contributed by atoms with van der Waals surface area (Å²) in [7, 11) is 0. The highest BCUT2D eigenvalue weighted by atomic mass is 16.4. The van der Waals surface area contributed by atoms with Crippen molar-refractivity contribution in [2.45, 2.75) is 62.6 Å². The zero-order valence-electron chi connectivity index (χ0n) is 12.1. The fourth-order valence-electron chi connectivity index (χ4n) is 4.22. The molecule has 2 unspecified atom stereocenters. The summed E-state index contributed by atoms with van der Waals surface area (Å²) in [6.07, 6.45) is 6.18. The molecule has 1 aliphatic carbocycles. The number of rotatable bonds is 4. The van der Waals surface area contributed by atoms with Crippen molar-refractivity contribution in [3.8, 4) is 0 Å². The minimum Gasteiger partial charge on any atom is -0.481 e. The van der Waals surface area contributed by atoms with Gasteiger partial charge in [0.15, 0.2) is 0 Å². The number of nitrogens with zero attached hydrogens (tertiary/aromatic N) is 1. The second kappa shape index (κ2) is 5.62. The Bertz CT molecular complexity index is 366. The number of nitrogens with one attached hydrogen (secondary N) is 1. The van der Waals surface area contributed by atoms with Crippen LogP contribution in [0.1, 0.15) is 44.9 Å². The first-order valence-corrected chi connectivity index (χ1v) is 8.00. The number of aliphatic hydroxyl groups is 1. The Hall–Kier alpha value is -0.650. The number of aliphatic carboxylic acids is 1. The third kappa shape index (κ3) is 2.85. The minimum atomic E-state index is -0.711. The van der Waals surface area contributed by atoms with Crippen molar-refractivity contribution in [1.29, 1.82) is 0 Å². The monoisotopic (exact) mass is 282 g/mol. The van der Waals surface area contributed by atoms with Gasteiger partial charge in [0.1, 0.15) is 0 Å². The van der Waals surface area contributed by atoms with Crippen molar-refractivity contribution in [2.24, 2.45) is 5.92 Å². The highest BCUT2D eigenvalue weighted by Gasteiger charge is 2.40. The lowest BCUT2D eigenvalue weighted by atomic mass is 9.78. The SMILES string of the molecule is O=C(O)C1CCC(O)(CNC2CCN3CCCC23)CC1. The Morgan fingerprint density at radius 2 is 1.95 bits per heavy atom. The van der Waals surface area contributed by atoms with Gasteiger partial charge >= 0.3 is 5.97 Å². The number of hydrogen-bond donors (Lipinski definition) is 3. The molecule has 2 atom stereocenters. The lowest BCUT2D eigenvalue weighted by Gasteiger charge is -2.36. The Kier molecular flexibility index (Phi) is 4.02. The molecule has 5 nitrogen and oxygen atoms in total. The third-order valence-corrected chi connectivity index (χ3v) is 5.56. The Morgan fingerprint density at radius 3 is 2.65 bits per heavy atom. The molecule has 3 aliphatic rings. The van der Waals surface area contributed by atoms with Gasteiger partial charge in [-0.05, 0) is 51.5 Å². The standard InChI is InChI=1S/C15H26N2O3/c18-14(19)11-3-6-15(20,7-4-11)10-16-12-5-9-17-8-1-2-13(12)17/h11-13,16,20H,1-10H2,(H,18,19). The van der Waals surface area contributed by atoms with Crippen LogP contribution < -0.4 is 5.32 Å². The molecule has 20 heavy (non-hydrogen) atoms. The summed E-state index contributed by atoms with van der Waals surface area (Å²) in [5, 5.41) is 23.2. The van der Waals surface area contributed by atoms with Gasteiger partial charge in [0.25, 0.3) is 0 Å². The Labute approximate surface area is 120 Å². The van der Waals surface area contributed by atoms with Crippen LogP contribution in [0.15, 0.2) is 0 Å². The molecule has 114 valence electrons. The van der Waals surface area contributed by atoms with Crippen molar-refractivity contribution in [1.82, 2.24) is 10.2 Å². The molecule has 3 N–H and O–H groups in total. The van der Waals surface area contributed by atoms with Crippen LogP contribution in [0.25, 0.3) is 0 Å². The lowest BCUT2D eigenvalue weighted by Crippen LogP contribution is -2.49. The summed E-state index contributed by atoms with van der Waals surface area (Å²) in [5.41, 5.74) is -0.696. The summed E-state index contributed by atoms with van der Waals surface area (Å²) >= 11 is 0. The molecule has 0 bridgehead atoms. The van der Waals surface area contributed by atoms with E-state index in [-0.39, 0.29) is 5.92 Å². The molecule has 3 fully saturated rings. The molecule has 2 aliphatic heterocycles. The quantitative estimate of drug-likeness (QED) is 0.712. The normalized spacial score (nSPS) is 41.8. The smallest absolute Gasteiger partial charge is 0.306 e. The summed E-state index contributed by atoms with van der Waals surface area (Å²) in [6.45, 7) is 3.03. The molecule has 5 heteroatoms. The first-order valence-electron chi connectivity index (χ1n) is 8.00. The van der Waals surface area contributed by atoms with E-state index < -0.39 is 11.6 Å². The van der Waals surface area contributed by atoms with Crippen LogP contribution in [-0.4, -0.2) is 58.4 Å². The summed E-state index contributed by atoms with van der Waals surface area (Å²) in [5.74, 6) is -0.968. The third-order valence-electron chi connectivity index (χ3n) is 5.56. The van der Waals surface area contributed by atoms with E-state index in [2.05, 4.69) is 10.2 Å². The predicted molar refractivity (Wildman–Crippen MR) is 75.5 cm³/mol. The number of fused-ring (bicyclic) bond motifs is 1. The number of carboxylic acid groups (broad SMARTS) is 1. The van der Waals surface area contributed by atoms with Crippen LogP contribution in [-0.2, 0) is 4.79 Å². The number of carboxylic acids is 1. The maximum atomic E-state index is 11.0. The minimum absolute atomic E-state index is 0.257. The van der Waals surface area contributed by atoms with Crippen LogP contribution in [0.4, 0.5) is 0 Å². The van der Waals surface area contributed by atoms with Crippen LogP contribution in [0.3, 0.4) is 0 Å². The van der Waals surface area contributed by atoms with E-state index in [1.807, 2.05) is 0 Å². The zero-order valence-corrected chi connectivity index (χ0v) is 12.1. The van der Waals surface area contributed by atoms with Crippen molar-refractivity contribution in [2.75, 3.05) is 19.6 Å². The van der Waals surface area contributed by atoms with E-state index in [4.69, 9.17) is 5.11 Å². The lowest BCUT2D eigenvalue weighted by molar-refractivity contribution is -0.144. The second-order valence-electron chi connectivity index (χ2n) is 6.86. The highest BCUT2D eigenvalue weighted by molar-refractivity contribution is 5.70. The van der Waals surface area contributed by atoms with Crippen LogP contribution >= 0.6 is 0 Å². The Morgan fingerprint density at radius 1 is 1.20 bits per heavy atom. The van der Waals surface area contributed by atoms with Crippen molar-refractivity contribution in [3.05, 3.63) is 0 Å². The first-order chi connectivity index (χ1) is 9.57. The van der Waals surface area contributed by atoms with Crippen molar-refractivity contribution >= 4 is 5.97 Å². The molecule has 0 aromatic carbocycles. The van der Waals surface area contributed by atoms with Crippen LogP contribution in [0.2, 0.25) is 0 Å². The van der Waals surface area contributed by atoms with Gasteiger partial charge in [0.2, 0.25) is 0 Å². The van der Waals surface area contributed by atoms with E-state index in [1.165, 1.54) is 32.4 Å². The second-order valence-corrected chi connectivity index (χ2v) is 6.86. The number of carbonyl (C=O) groups is 1. The highest BCUT2D eigenvalue weighted by Crippen LogP contribution is 2.33. The largest absolute Gasteiger partial charge is 0.481 e. The van der Waals surface area contributed by atoms with Crippen LogP contribution in [0.5, 0.6) is 0 Å². The fraction of sp³-hybridized carbons (Fsp3) is 0.933. The predicted octanol–water partition coefficient (Wildman–Crippen LogP) is 0.819. The van der Waals surface area contributed by atoms with Crippen LogP contribution in [0, 0.1) is 5.92 Å². The maximum absolute atomic E-state index is 11.0. The van der Waals surface area contributed by atoms with Gasteiger partial charge in [-0.15, -0.1) is 0 Å². The average molecular weight is 282 g/mol. The van der Waals surface area contributed by atoms with Gasteiger partial charge in [-0.3, -0.25) is 9.69 Å². The van der Waals surface area contributed by atoms with Gasteiger partial charge in [0, 0.05) is 25.2 Å².